The minimum Gasteiger partial charge on any atom is -0.378 e. The van der Waals surface area contributed by atoms with Gasteiger partial charge < -0.3 is 21.7 Å². The van der Waals surface area contributed by atoms with Crippen LogP contribution in [0.15, 0.2) is 66.9 Å². The van der Waals surface area contributed by atoms with Gasteiger partial charge in [0.25, 0.3) is 5.91 Å². The van der Waals surface area contributed by atoms with Gasteiger partial charge in [-0.1, -0.05) is 59.0 Å². The fraction of sp³-hybridized carbons (Fsp3) is 0.353. The van der Waals surface area contributed by atoms with Crippen LogP contribution < -0.4 is 11.5 Å². The van der Waals surface area contributed by atoms with Crippen LogP contribution in [0.2, 0.25) is 10.0 Å². The minimum atomic E-state index is -1.11. The monoisotopic (exact) mass is 603 g/mol. The van der Waals surface area contributed by atoms with Crippen LogP contribution in [-0.2, 0) is 0 Å². The van der Waals surface area contributed by atoms with Crippen LogP contribution in [0.4, 0.5) is 0 Å². The van der Waals surface area contributed by atoms with Crippen molar-refractivity contribution >= 4 is 29.1 Å². The summed E-state index contributed by atoms with van der Waals surface area (Å²) in [5.41, 5.74) is 11.9. The van der Waals surface area contributed by atoms with Gasteiger partial charge in [-0.25, -0.2) is 0 Å². The van der Waals surface area contributed by atoms with Crippen LogP contribution in [0, 0.1) is 23.7 Å². The number of amides is 1. The Kier molecular flexibility index (Phi) is 10.7. The average Bonchev–Trinajstić information content (AvgIpc) is 2.96. The lowest BCUT2D eigenvalue weighted by Gasteiger charge is -2.33. The van der Waals surface area contributed by atoms with Crippen molar-refractivity contribution in [2.75, 3.05) is 0 Å². The second-order valence-corrected chi connectivity index (χ2v) is 11.9. The van der Waals surface area contributed by atoms with Gasteiger partial charge in [0.1, 0.15) is 11.2 Å². The van der Waals surface area contributed by atoms with Gasteiger partial charge in [-0.15, -0.1) is 0 Å². The molecule has 42 heavy (non-hydrogen) atoms. The Bertz CT molecular complexity index is 1540. The summed E-state index contributed by atoms with van der Waals surface area (Å²) in [7, 11) is 0. The van der Waals surface area contributed by atoms with Crippen LogP contribution in [-0.4, -0.2) is 38.3 Å². The maximum Gasteiger partial charge on any atom is 0.250 e. The highest BCUT2D eigenvalue weighted by Gasteiger charge is 2.35. The predicted octanol–water partition coefficient (Wildman–Crippen LogP) is 5.60. The second-order valence-electron chi connectivity index (χ2n) is 11.0. The normalized spacial score (nSPS) is 25.0. The fourth-order valence-electron chi connectivity index (χ4n) is 5.47. The first kappa shape index (κ1) is 31.6. The Morgan fingerprint density at radius 2 is 1.43 bits per heavy atom. The van der Waals surface area contributed by atoms with Gasteiger partial charge in [0.15, 0.2) is 0 Å². The van der Waals surface area contributed by atoms with Crippen molar-refractivity contribution < 1.29 is 15.0 Å². The zero-order valence-corrected chi connectivity index (χ0v) is 24.8. The first-order chi connectivity index (χ1) is 20.0. The number of carbonyl (C=O) groups is 1. The summed E-state index contributed by atoms with van der Waals surface area (Å²) in [6, 6.07) is 18.0. The number of hydrogen-bond acceptors (Lipinski definition) is 5. The number of benzene rings is 2. The molecule has 8 heteroatoms. The molecule has 2 fully saturated rings. The van der Waals surface area contributed by atoms with Crippen LogP contribution in [0.25, 0.3) is 0 Å². The summed E-state index contributed by atoms with van der Waals surface area (Å²) >= 11 is 11.8. The molecule has 5 rings (SSSR count). The SMILES string of the molecule is NC(=O)c1cccnc1[C@H]1CCC[C@@](O)(C#Cc2cccc(Cl)c2)C1.N[C@@H]1CCC[C@](O)(C#Cc2cccc(Cl)c2)C1. The molecular formula is C34H35Cl2N3O3. The molecule has 0 radical (unpaired) electrons. The van der Waals surface area contributed by atoms with E-state index in [1.54, 1.807) is 42.6 Å². The zero-order chi connectivity index (χ0) is 30.2. The molecule has 0 aliphatic heterocycles. The van der Waals surface area contributed by atoms with Crippen LogP contribution >= 0.6 is 23.2 Å². The van der Waals surface area contributed by atoms with E-state index in [0.717, 1.165) is 36.8 Å². The Labute approximate surface area is 257 Å². The molecule has 0 saturated heterocycles. The summed E-state index contributed by atoms with van der Waals surface area (Å²) in [6.07, 6.45) is 7.48. The summed E-state index contributed by atoms with van der Waals surface area (Å²) in [5.74, 6) is 11.4. The number of carbonyl (C=O) groups excluding carboxylic acids is 1. The van der Waals surface area contributed by atoms with Gasteiger partial charge in [-0.2, -0.15) is 0 Å². The van der Waals surface area contributed by atoms with Crippen LogP contribution in [0.1, 0.15) is 84.5 Å². The third-order valence-electron chi connectivity index (χ3n) is 7.51. The molecule has 2 aromatic carbocycles. The number of aliphatic hydroxyl groups is 2. The minimum absolute atomic E-state index is 0.0453. The van der Waals surface area contributed by atoms with E-state index in [9.17, 15) is 15.0 Å². The van der Waals surface area contributed by atoms with E-state index in [1.165, 1.54) is 0 Å². The smallest absolute Gasteiger partial charge is 0.250 e. The number of pyridine rings is 1. The fourth-order valence-corrected chi connectivity index (χ4v) is 5.85. The van der Waals surface area contributed by atoms with Gasteiger partial charge in [0.2, 0.25) is 0 Å². The lowest BCUT2D eigenvalue weighted by atomic mass is 9.76. The van der Waals surface area contributed by atoms with Gasteiger partial charge in [0.05, 0.1) is 11.3 Å². The lowest BCUT2D eigenvalue weighted by molar-refractivity contribution is 0.0510. The third-order valence-corrected chi connectivity index (χ3v) is 7.98. The summed E-state index contributed by atoms with van der Waals surface area (Å²) in [5, 5.41) is 22.5. The van der Waals surface area contributed by atoms with Crippen molar-refractivity contribution in [3.8, 4) is 23.7 Å². The van der Waals surface area contributed by atoms with Gasteiger partial charge in [-0.3, -0.25) is 9.78 Å². The lowest BCUT2D eigenvalue weighted by Crippen LogP contribution is -2.40. The molecule has 1 amide bonds. The zero-order valence-electron chi connectivity index (χ0n) is 23.3. The number of hydrogen-bond donors (Lipinski definition) is 4. The van der Waals surface area contributed by atoms with Crippen LogP contribution in [0.3, 0.4) is 0 Å². The molecule has 2 aliphatic rings. The number of nitrogens with zero attached hydrogens (tertiary/aromatic N) is 1. The van der Waals surface area contributed by atoms with Crippen molar-refractivity contribution in [1.29, 1.82) is 0 Å². The average molecular weight is 605 g/mol. The van der Waals surface area contributed by atoms with Crippen molar-refractivity contribution in [3.05, 3.63) is 99.3 Å². The molecule has 1 heterocycles. The van der Waals surface area contributed by atoms with Gasteiger partial charge in [0, 0.05) is 45.7 Å². The summed E-state index contributed by atoms with van der Waals surface area (Å²) < 4.78 is 0. The predicted molar refractivity (Wildman–Crippen MR) is 167 cm³/mol. The summed E-state index contributed by atoms with van der Waals surface area (Å²) in [6.45, 7) is 0. The highest BCUT2D eigenvalue weighted by atomic mass is 35.5. The highest BCUT2D eigenvalue weighted by molar-refractivity contribution is 6.31. The summed E-state index contributed by atoms with van der Waals surface area (Å²) in [4.78, 5) is 16.0. The number of halogens is 2. The maximum atomic E-state index is 11.6. The van der Waals surface area contributed by atoms with E-state index >= 15 is 0 Å². The number of nitrogens with two attached hydrogens (primary N) is 2. The van der Waals surface area contributed by atoms with E-state index in [4.69, 9.17) is 34.7 Å². The standard InChI is InChI=1S/C20H19ClN2O2.C14H16ClNO/c21-16-6-1-4-14(12-16)8-10-20(25)9-2-5-15(13-20)18-17(19(22)24)7-3-11-23-18;15-12-4-1-3-11(9-12)6-8-14(17)7-2-5-13(16)10-14/h1,3-4,6-7,11-12,15,25H,2,5,9,13H2,(H2,22,24);1,3-4,9,13,17H,2,5,7,10,16H2/t15-,20+;13-,14+/m01/s1. The molecule has 2 saturated carbocycles. The van der Waals surface area contributed by atoms with E-state index in [2.05, 4.69) is 28.7 Å². The molecule has 0 spiro atoms. The third kappa shape index (κ3) is 9.07. The van der Waals surface area contributed by atoms with Crippen molar-refractivity contribution in [1.82, 2.24) is 4.98 Å². The Morgan fingerprint density at radius 1 is 0.857 bits per heavy atom. The quantitative estimate of drug-likeness (QED) is 0.284. The van der Waals surface area contributed by atoms with E-state index in [1.807, 2.05) is 24.3 Å². The first-order valence-corrected chi connectivity index (χ1v) is 14.8. The van der Waals surface area contributed by atoms with Crippen molar-refractivity contribution in [2.24, 2.45) is 11.5 Å². The number of aromatic nitrogens is 1. The molecule has 6 nitrogen and oxygen atoms in total. The molecular weight excluding hydrogens is 569 g/mol. The molecule has 1 aromatic heterocycles. The molecule has 6 N–H and O–H groups in total. The van der Waals surface area contributed by atoms with Crippen molar-refractivity contribution in [2.45, 2.75) is 74.5 Å². The Hall–Kier alpha value is -3.36. The Balaban J connectivity index is 0.000000208. The molecule has 0 bridgehead atoms. The van der Waals surface area contributed by atoms with Crippen molar-refractivity contribution in [3.63, 3.8) is 0 Å². The number of primary amides is 1. The van der Waals surface area contributed by atoms with E-state index in [-0.39, 0.29) is 12.0 Å². The second kappa shape index (κ2) is 14.2. The topological polar surface area (TPSA) is 122 Å². The highest BCUT2D eigenvalue weighted by Crippen LogP contribution is 2.38. The number of rotatable bonds is 2. The maximum absolute atomic E-state index is 11.6. The molecule has 3 aromatic rings. The first-order valence-electron chi connectivity index (χ1n) is 14.1. The van der Waals surface area contributed by atoms with E-state index < -0.39 is 17.1 Å². The van der Waals surface area contributed by atoms with E-state index in [0.29, 0.717) is 47.0 Å². The van der Waals surface area contributed by atoms with Gasteiger partial charge in [-0.05, 0) is 93.5 Å². The molecule has 218 valence electrons. The van der Waals surface area contributed by atoms with Crippen LogP contribution in [0.5, 0.6) is 0 Å². The molecule has 4 atom stereocenters. The Morgan fingerprint density at radius 3 is 1.98 bits per heavy atom. The molecule has 2 aliphatic carbocycles. The largest absolute Gasteiger partial charge is 0.378 e. The van der Waals surface area contributed by atoms with Gasteiger partial charge >= 0.3 is 0 Å². The molecule has 0 unspecified atom stereocenters.